The highest BCUT2D eigenvalue weighted by molar-refractivity contribution is 7.16. The van der Waals surface area contributed by atoms with Gasteiger partial charge >= 0.3 is 5.97 Å². The number of hydrogen-bond acceptors (Lipinski definition) is 5. The Morgan fingerprint density at radius 3 is 2.71 bits per heavy atom. The Morgan fingerprint density at radius 1 is 1.33 bits per heavy atom. The van der Waals surface area contributed by atoms with Gasteiger partial charge in [-0.3, -0.25) is 9.59 Å². The van der Waals surface area contributed by atoms with Crippen LogP contribution in [0.25, 0.3) is 0 Å². The maximum atomic E-state index is 11.8. The van der Waals surface area contributed by atoms with Gasteiger partial charge in [-0.25, -0.2) is 4.79 Å². The van der Waals surface area contributed by atoms with E-state index < -0.39 is 11.9 Å². The first-order valence-electron chi connectivity index (χ1n) is 5.92. The minimum Gasteiger partial charge on any atom is -0.478 e. The summed E-state index contributed by atoms with van der Waals surface area (Å²) in [5.41, 5.74) is 0.0513. The summed E-state index contributed by atoms with van der Waals surface area (Å²) < 4.78 is 0. The maximum Gasteiger partial charge on any atom is 0.338 e. The van der Waals surface area contributed by atoms with Crippen LogP contribution in [0.2, 0.25) is 0 Å². The molecule has 0 atom stereocenters. The molecule has 110 valence electrons. The fraction of sp³-hybridized carbons (Fsp3) is 0.154. The fourth-order valence-electron chi connectivity index (χ4n) is 1.59. The van der Waals surface area contributed by atoms with Gasteiger partial charge in [-0.15, -0.1) is 22.7 Å². The molecule has 2 aromatic heterocycles. The van der Waals surface area contributed by atoms with Crippen LogP contribution in [0.1, 0.15) is 24.9 Å². The molecule has 0 saturated heterocycles. The van der Waals surface area contributed by atoms with Crippen LogP contribution in [0.15, 0.2) is 23.6 Å². The number of anilines is 1. The van der Waals surface area contributed by atoms with Crippen LogP contribution >= 0.6 is 22.7 Å². The lowest BCUT2D eigenvalue weighted by molar-refractivity contribution is -0.115. The quantitative estimate of drug-likeness (QED) is 0.785. The standard InChI is InChI=1S/C13H12N2O4S2/c1-7-5-8(13(18)19)12(21-7)15-10(16)6-14-11(17)9-3-2-4-20-9/h2-5H,6H2,1H3,(H,14,17)(H,15,16)(H,18,19). The first-order valence-corrected chi connectivity index (χ1v) is 7.62. The highest BCUT2D eigenvalue weighted by atomic mass is 32.1. The van der Waals surface area contributed by atoms with E-state index in [0.717, 1.165) is 4.88 Å². The summed E-state index contributed by atoms with van der Waals surface area (Å²) in [4.78, 5) is 35.8. The van der Waals surface area contributed by atoms with Gasteiger partial charge in [0.05, 0.1) is 17.0 Å². The van der Waals surface area contributed by atoms with Crippen LogP contribution in [0.5, 0.6) is 0 Å². The number of rotatable bonds is 5. The van der Waals surface area contributed by atoms with E-state index in [-0.39, 0.29) is 23.0 Å². The van der Waals surface area contributed by atoms with E-state index in [2.05, 4.69) is 10.6 Å². The van der Waals surface area contributed by atoms with Crippen molar-refractivity contribution in [2.75, 3.05) is 11.9 Å². The molecule has 0 radical (unpaired) electrons. The Bertz CT molecular complexity index is 676. The molecule has 0 aliphatic heterocycles. The molecular formula is C13H12N2O4S2. The average Bonchev–Trinajstić information content (AvgIpc) is 3.05. The van der Waals surface area contributed by atoms with E-state index in [9.17, 15) is 14.4 Å². The Hall–Kier alpha value is -2.19. The number of amides is 2. The molecule has 0 aliphatic carbocycles. The molecule has 6 nitrogen and oxygen atoms in total. The molecule has 0 aromatic carbocycles. The van der Waals surface area contributed by atoms with Crippen LogP contribution in [-0.2, 0) is 4.79 Å². The first-order chi connectivity index (χ1) is 9.97. The van der Waals surface area contributed by atoms with Gasteiger partial charge in [-0.2, -0.15) is 0 Å². The summed E-state index contributed by atoms with van der Waals surface area (Å²) in [6, 6.07) is 4.89. The van der Waals surface area contributed by atoms with Gasteiger partial charge in [0, 0.05) is 4.88 Å². The summed E-state index contributed by atoms with van der Waals surface area (Å²) in [6.45, 7) is 1.54. The van der Waals surface area contributed by atoms with Crippen molar-refractivity contribution in [3.8, 4) is 0 Å². The third kappa shape index (κ3) is 3.89. The van der Waals surface area contributed by atoms with E-state index in [4.69, 9.17) is 5.11 Å². The SMILES string of the molecule is Cc1cc(C(=O)O)c(NC(=O)CNC(=O)c2cccs2)s1. The second-order valence-electron chi connectivity index (χ2n) is 4.11. The van der Waals surface area contributed by atoms with Crippen molar-refractivity contribution in [2.24, 2.45) is 0 Å². The molecular weight excluding hydrogens is 312 g/mol. The lowest BCUT2D eigenvalue weighted by atomic mass is 10.3. The lowest BCUT2D eigenvalue weighted by Crippen LogP contribution is -2.32. The predicted octanol–water partition coefficient (Wildman–Crippen LogP) is 2.18. The van der Waals surface area contributed by atoms with Crippen molar-refractivity contribution in [3.63, 3.8) is 0 Å². The predicted molar refractivity (Wildman–Crippen MR) is 81.3 cm³/mol. The zero-order valence-electron chi connectivity index (χ0n) is 11.0. The Morgan fingerprint density at radius 2 is 2.10 bits per heavy atom. The molecule has 2 amide bonds. The number of carbonyl (C=O) groups excluding carboxylic acids is 2. The molecule has 0 saturated carbocycles. The van der Waals surface area contributed by atoms with Gasteiger partial charge in [-0.05, 0) is 24.4 Å². The topological polar surface area (TPSA) is 95.5 Å². The molecule has 3 N–H and O–H groups in total. The average molecular weight is 324 g/mol. The number of aromatic carboxylic acids is 1. The van der Waals surface area contributed by atoms with E-state index in [1.165, 1.54) is 28.7 Å². The van der Waals surface area contributed by atoms with E-state index in [1.807, 2.05) is 0 Å². The van der Waals surface area contributed by atoms with Crippen molar-refractivity contribution in [2.45, 2.75) is 6.92 Å². The molecule has 0 aliphatic rings. The summed E-state index contributed by atoms with van der Waals surface area (Å²) in [6.07, 6.45) is 0. The fourth-order valence-corrected chi connectivity index (χ4v) is 3.15. The van der Waals surface area contributed by atoms with Crippen molar-refractivity contribution < 1.29 is 19.5 Å². The molecule has 2 rings (SSSR count). The van der Waals surface area contributed by atoms with Gasteiger partial charge in [0.2, 0.25) is 5.91 Å². The zero-order valence-corrected chi connectivity index (χ0v) is 12.6. The van der Waals surface area contributed by atoms with Gasteiger partial charge in [0.15, 0.2) is 0 Å². The van der Waals surface area contributed by atoms with Crippen molar-refractivity contribution in [3.05, 3.63) is 38.9 Å². The van der Waals surface area contributed by atoms with Crippen LogP contribution in [0.4, 0.5) is 5.00 Å². The van der Waals surface area contributed by atoms with Gasteiger partial charge in [0.1, 0.15) is 5.00 Å². The van der Waals surface area contributed by atoms with Crippen molar-refractivity contribution in [1.29, 1.82) is 0 Å². The number of carboxylic acids is 1. The van der Waals surface area contributed by atoms with Crippen molar-refractivity contribution >= 4 is 45.5 Å². The van der Waals surface area contributed by atoms with Gasteiger partial charge in [0.25, 0.3) is 5.91 Å². The van der Waals surface area contributed by atoms with Gasteiger partial charge in [-0.1, -0.05) is 6.07 Å². The van der Waals surface area contributed by atoms with Crippen LogP contribution < -0.4 is 10.6 Å². The minimum atomic E-state index is -1.10. The monoisotopic (exact) mass is 324 g/mol. The number of carbonyl (C=O) groups is 3. The summed E-state index contributed by atoms with van der Waals surface area (Å²) >= 11 is 2.46. The number of carboxylic acid groups (broad SMARTS) is 1. The molecule has 0 bridgehead atoms. The third-order valence-corrected chi connectivity index (χ3v) is 4.33. The molecule has 0 spiro atoms. The molecule has 21 heavy (non-hydrogen) atoms. The van der Waals surface area contributed by atoms with Crippen LogP contribution in [-0.4, -0.2) is 29.4 Å². The minimum absolute atomic E-state index is 0.0513. The number of nitrogens with one attached hydrogen (secondary N) is 2. The number of aryl methyl sites for hydroxylation is 1. The Balaban J connectivity index is 1.93. The molecule has 2 aromatic rings. The van der Waals surface area contributed by atoms with Crippen LogP contribution in [0, 0.1) is 6.92 Å². The highest BCUT2D eigenvalue weighted by Gasteiger charge is 2.16. The summed E-state index contributed by atoms with van der Waals surface area (Å²) in [5, 5.41) is 16.0. The maximum absolute atomic E-state index is 11.8. The van der Waals surface area contributed by atoms with E-state index in [0.29, 0.717) is 4.88 Å². The zero-order chi connectivity index (χ0) is 15.4. The van der Waals surface area contributed by atoms with Gasteiger partial charge < -0.3 is 15.7 Å². The van der Waals surface area contributed by atoms with Crippen LogP contribution in [0.3, 0.4) is 0 Å². The Kier molecular flexibility index (Phi) is 4.71. The van der Waals surface area contributed by atoms with E-state index >= 15 is 0 Å². The van der Waals surface area contributed by atoms with E-state index in [1.54, 1.807) is 24.4 Å². The number of hydrogen-bond donors (Lipinski definition) is 3. The largest absolute Gasteiger partial charge is 0.478 e. The Labute approximate surface area is 128 Å². The van der Waals surface area contributed by atoms with Crippen molar-refractivity contribution in [1.82, 2.24) is 5.32 Å². The third-order valence-electron chi connectivity index (χ3n) is 2.49. The second-order valence-corrected chi connectivity index (χ2v) is 6.32. The highest BCUT2D eigenvalue weighted by Crippen LogP contribution is 2.27. The molecule has 0 fully saturated rings. The first kappa shape index (κ1) is 15.2. The summed E-state index contributed by atoms with van der Waals surface area (Å²) in [5.74, 6) is -1.90. The smallest absolute Gasteiger partial charge is 0.338 e. The number of thiophene rings is 2. The normalized spacial score (nSPS) is 10.1. The summed E-state index contributed by atoms with van der Waals surface area (Å²) in [7, 11) is 0. The molecule has 0 unspecified atom stereocenters. The molecule has 2 heterocycles. The second kappa shape index (κ2) is 6.51. The lowest BCUT2D eigenvalue weighted by Gasteiger charge is -2.05. The molecule has 8 heteroatoms.